The molecular weight excluding hydrogens is 280 g/mol. The molecule has 0 aliphatic carbocycles. The van der Waals surface area contributed by atoms with Gasteiger partial charge >= 0.3 is 0 Å². The Kier molecular flexibility index (Phi) is 2.99. The number of nitrogens with two attached hydrogens (primary N) is 1. The average molecular weight is 290 g/mol. The minimum atomic E-state index is -0.316. The molecule has 0 fully saturated rings. The summed E-state index contributed by atoms with van der Waals surface area (Å²) in [6.07, 6.45) is 1.53. The Balaban J connectivity index is 2.09. The number of hydrogen-bond acceptors (Lipinski definition) is 8. The number of nitrogens with zero attached hydrogens (tertiary/aromatic N) is 4. The quantitative estimate of drug-likeness (QED) is 0.396. The molecule has 0 atom stereocenters. The maximum absolute atomic E-state index is 11.4. The summed E-state index contributed by atoms with van der Waals surface area (Å²) >= 11 is 1.17. The topological polar surface area (TPSA) is 138 Å². The van der Waals surface area contributed by atoms with E-state index >= 15 is 0 Å². The van der Waals surface area contributed by atoms with Gasteiger partial charge in [-0.25, -0.2) is 15.0 Å². The van der Waals surface area contributed by atoms with Gasteiger partial charge in [0.15, 0.2) is 10.8 Å². The molecule has 0 aliphatic heterocycles. The van der Waals surface area contributed by atoms with Gasteiger partial charge in [0.25, 0.3) is 5.56 Å². The molecule has 9 nitrogen and oxygen atoms in total. The van der Waals surface area contributed by atoms with Crippen molar-refractivity contribution in [1.82, 2.24) is 29.9 Å². The fourth-order valence-corrected chi connectivity index (χ4v) is 2.46. The van der Waals surface area contributed by atoms with Crippen LogP contribution in [0.3, 0.4) is 0 Å². The van der Waals surface area contributed by atoms with Crippen LogP contribution in [-0.2, 0) is 0 Å². The normalized spacial score (nSPS) is 10.8. The molecule has 0 saturated heterocycles. The molecule has 0 radical (unpaired) electrons. The van der Waals surface area contributed by atoms with Gasteiger partial charge in [-0.05, 0) is 11.8 Å². The molecule has 20 heavy (non-hydrogen) atoms. The summed E-state index contributed by atoms with van der Waals surface area (Å²) < 4.78 is 0. The van der Waals surface area contributed by atoms with Crippen LogP contribution in [0, 0.1) is 0 Å². The summed E-state index contributed by atoms with van der Waals surface area (Å²) in [7, 11) is 1.71. The Morgan fingerprint density at radius 3 is 2.95 bits per heavy atom. The van der Waals surface area contributed by atoms with Gasteiger partial charge in [0.05, 0.1) is 6.33 Å². The molecule has 3 rings (SSSR count). The molecule has 3 aromatic rings. The third kappa shape index (κ3) is 2.28. The Bertz CT molecular complexity index is 825. The number of nitrogen functional groups attached to an aromatic ring is 1. The van der Waals surface area contributed by atoms with E-state index < -0.39 is 0 Å². The number of fused-ring (bicyclic) bond motifs is 1. The van der Waals surface area contributed by atoms with Gasteiger partial charge in [0.1, 0.15) is 16.4 Å². The molecular formula is C10H10N8OS. The number of imidazole rings is 1. The van der Waals surface area contributed by atoms with Gasteiger partial charge in [-0.2, -0.15) is 4.98 Å². The lowest BCUT2D eigenvalue weighted by atomic mass is 10.5. The Labute approximate surface area is 116 Å². The van der Waals surface area contributed by atoms with Crippen molar-refractivity contribution in [2.45, 2.75) is 10.2 Å². The number of hydrogen-bond donors (Lipinski definition) is 4. The second-order valence-electron chi connectivity index (χ2n) is 3.78. The summed E-state index contributed by atoms with van der Waals surface area (Å²) in [5, 5.41) is 3.79. The molecule has 0 spiro atoms. The summed E-state index contributed by atoms with van der Waals surface area (Å²) in [5.41, 5.74) is 6.43. The molecule has 0 aliphatic rings. The van der Waals surface area contributed by atoms with Crippen molar-refractivity contribution in [3.8, 4) is 0 Å². The van der Waals surface area contributed by atoms with E-state index in [0.717, 1.165) is 0 Å². The van der Waals surface area contributed by atoms with Crippen LogP contribution in [0.4, 0.5) is 11.8 Å². The third-order valence-corrected chi connectivity index (χ3v) is 3.28. The van der Waals surface area contributed by atoms with Gasteiger partial charge in [-0.1, -0.05) is 0 Å². The maximum atomic E-state index is 11.4. The molecule has 0 bridgehead atoms. The van der Waals surface area contributed by atoms with E-state index in [1.165, 1.54) is 24.2 Å². The zero-order valence-electron chi connectivity index (χ0n) is 10.3. The molecule has 0 saturated carbocycles. The Hall–Kier alpha value is -2.62. The van der Waals surface area contributed by atoms with Gasteiger partial charge in [-0.3, -0.25) is 4.79 Å². The van der Waals surface area contributed by atoms with Crippen LogP contribution in [0.5, 0.6) is 0 Å². The van der Waals surface area contributed by atoms with E-state index in [2.05, 4.69) is 35.2 Å². The molecule has 5 N–H and O–H groups in total. The minimum absolute atomic E-state index is 0.153. The second kappa shape index (κ2) is 4.81. The lowest BCUT2D eigenvalue weighted by Crippen LogP contribution is -2.09. The van der Waals surface area contributed by atoms with Crippen molar-refractivity contribution in [1.29, 1.82) is 0 Å². The predicted octanol–water partition coefficient (Wildman–Crippen LogP) is 0.211. The zero-order chi connectivity index (χ0) is 14.1. The van der Waals surface area contributed by atoms with Crippen LogP contribution in [0.1, 0.15) is 0 Å². The fourth-order valence-electron chi connectivity index (χ4n) is 1.59. The third-order valence-electron chi connectivity index (χ3n) is 2.41. The standard InChI is InChI=1S/C10H10N8OS/c1-12-9-17-7-6(13-3-14-7)8(18-9)20-10-15-4(11)2-5(19)16-10/h2-3H,1H3,(H3,11,15,16,19)(H2,12,13,14,17,18). The molecule has 0 aromatic carbocycles. The largest absolute Gasteiger partial charge is 0.383 e. The molecule has 3 heterocycles. The van der Waals surface area contributed by atoms with E-state index in [1.807, 2.05) is 0 Å². The number of anilines is 2. The van der Waals surface area contributed by atoms with Gasteiger partial charge in [-0.15, -0.1) is 0 Å². The molecule has 102 valence electrons. The predicted molar refractivity (Wildman–Crippen MR) is 74.6 cm³/mol. The van der Waals surface area contributed by atoms with Crippen molar-refractivity contribution in [3.63, 3.8) is 0 Å². The van der Waals surface area contributed by atoms with E-state index in [1.54, 1.807) is 7.05 Å². The zero-order valence-corrected chi connectivity index (χ0v) is 11.2. The van der Waals surface area contributed by atoms with Crippen LogP contribution in [-0.4, -0.2) is 37.0 Å². The van der Waals surface area contributed by atoms with Crippen molar-refractivity contribution < 1.29 is 0 Å². The van der Waals surface area contributed by atoms with Crippen LogP contribution in [0.2, 0.25) is 0 Å². The number of H-pyrrole nitrogens is 2. The van der Waals surface area contributed by atoms with E-state index in [4.69, 9.17) is 5.73 Å². The van der Waals surface area contributed by atoms with Crippen molar-refractivity contribution in [2.75, 3.05) is 18.1 Å². The van der Waals surface area contributed by atoms with E-state index in [9.17, 15) is 4.79 Å². The SMILES string of the molecule is CNc1nc(Sc2nc(N)cc(=O)[nH]2)c2[nH]cnc2n1. The maximum Gasteiger partial charge on any atom is 0.253 e. The van der Waals surface area contributed by atoms with Crippen molar-refractivity contribution in [3.05, 3.63) is 22.7 Å². The van der Waals surface area contributed by atoms with Crippen LogP contribution in [0.25, 0.3) is 11.2 Å². The average Bonchev–Trinajstić information content (AvgIpc) is 2.85. The lowest BCUT2D eigenvalue weighted by Gasteiger charge is -2.04. The minimum Gasteiger partial charge on any atom is -0.383 e. The summed E-state index contributed by atoms with van der Waals surface area (Å²) in [4.78, 5) is 33.6. The monoisotopic (exact) mass is 290 g/mol. The van der Waals surface area contributed by atoms with Gasteiger partial charge in [0, 0.05) is 13.1 Å². The molecule has 10 heteroatoms. The molecule has 0 amide bonds. The first kappa shape index (κ1) is 12.4. The van der Waals surface area contributed by atoms with Crippen molar-refractivity contribution in [2.24, 2.45) is 0 Å². The fraction of sp³-hybridized carbons (Fsp3) is 0.100. The highest BCUT2D eigenvalue weighted by Crippen LogP contribution is 2.28. The van der Waals surface area contributed by atoms with Gasteiger partial charge < -0.3 is 21.0 Å². The Morgan fingerprint density at radius 2 is 2.20 bits per heavy atom. The van der Waals surface area contributed by atoms with Crippen LogP contribution < -0.4 is 16.6 Å². The first-order valence-electron chi connectivity index (χ1n) is 5.59. The lowest BCUT2D eigenvalue weighted by molar-refractivity contribution is 0.940. The summed E-state index contributed by atoms with van der Waals surface area (Å²) in [6.45, 7) is 0. The Morgan fingerprint density at radius 1 is 1.35 bits per heavy atom. The number of nitrogens with one attached hydrogen (secondary N) is 3. The van der Waals surface area contributed by atoms with Crippen LogP contribution >= 0.6 is 11.8 Å². The first-order chi connectivity index (χ1) is 9.65. The van der Waals surface area contributed by atoms with Crippen LogP contribution in [0.15, 0.2) is 27.4 Å². The van der Waals surface area contributed by atoms with E-state index in [-0.39, 0.29) is 11.4 Å². The smallest absolute Gasteiger partial charge is 0.253 e. The highest BCUT2D eigenvalue weighted by atomic mass is 32.2. The van der Waals surface area contributed by atoms with Gasteiger partial charge in [0.2, 0.25) is 5.95 Å². The number of aromatic amines is 2. The highest BCUT2D eigenvalue weighted by Gasteiger charge is 2.12. The second-order valence-corrected chi connectivity index (χ2v) is 4.76. The number of aromatic nitrogens is 6. The highest BCUT2D eigenvalue weighted by molar-refractivity contribution is 7.99. The van der Waals surface area contributed by atoms with E-state index in [0.29, 0.717) is 27.3 Å². The summed E-state index contributed by atoms with van der Waals surface area (Å²) in [6, 6.07) is 1.22. The molecule has 3 aromatic heterocycles. The first-order valence-corrected chi connectivity index (χ1v) is 6.41. The van der Waals surface area contributed by atoms with Crippen molar-refractivity contribution >= 4 is 34.7 Å². The molecule has 0 unspecified atom stereocenters. The number of rotatable bonds is 3. The summed E-state index contributed by atoms with van der Waals surface area (Å²) in [5.74, 6) is 0.582.